The third-order valence-electron chi connectivity index (χ3n) is 18.5. The SMILES string of the molecule is CC1CCC2(OC1)OC1CC3C4CC=C5CC(OC6OC(CO)C(OC7OC(COC(=O)c8ccncc8)C(O)C7O)C(O)C6OC6OC(C)C(O)C(O)C6O)CCC5(C)C4CCC3(C)C1C2C. The Morgan fingerprint density at radius 1 is 0.779 bits per heavy atom. The number of carbonyl (C=O) groups is 1. The molecule has 18 nitrogen and oxygen atoms in total. The molecule has 5 saturated heterocycles. The van der Waals surface area contributed by atoms with Crippen molar-refractivity contribution in [2.75, 3.05) is 19.8 Å². The number of ether oxygens (including phenoxy) is 9. The Morgan fingerprint density at radius 2 is 1.50 bits per heavy atom. The minimum atomic E-state index is -1.73. The molecule has 0 amide bonds. The van der Waals surface area contributed by atoms with Gasteiger partial charge in [-0.2, -0.15) is 0 Å². The summed E-state index contributed by atoms with van der Waals surface area (Å²) in [4.78, 5) is 16.5. The molecular weight excluding hydrogens is 887 g/mol. The Balaban J connectivity index is 0.833. The highest BCUT2D eigenvalue weighted by atomic mass is 16.8. The van der Waals surface area contributed by atoms with Crippen LogP contribution in [0.2, 0.25) is 0 Å². The Kier molecular flexibility index (Phi) is 13.8. The van der Waals surface area contributed by atoms with E-state index in [0.717, 1.165) is 51.6 Å². The van der Waals surface area contributed by atoms with Crippen LogP contribution in [0.1, 0.15) is 103 Å². The summed E-state index contributed by atoms with van der Waals surface area (Å²) in [6, 6.07) is 2.92. The van der Waals surface area contributed by atoms with Gasteiger partial charge in [0.2, 0.25) is 0 Å². The van der Waals surface area contributed by atoms with Gasteiger partial charge in [0.15, 0.2) is 24.7 Å². The summed E-state index contributed by atoms with van der Waals surface area (Å²) < 4.78 is 55.9. The maximum absolute atomic E-state index is 12.6. The zero-order chi connectivity index (χ0) is 48.0. The molecule has 1 aromatic rings. The Labute approximate surface area is 397 Å². The van der Waals surface area contributed by atoms with Gasteiger partial charge in [0.1, 0.15) is 67.6 Å². The number of carbonyl (C=O) groups excluding carboxylic acids is 1. The molecule has 8 fully saturated rings. The van der Waals surface area contributed by atoms with Crippen LogP contribution in [0, 0.1) is 46.3 Å². The first-order chi connectivity index (χ1) is 32.5. The number of pyridine rings is 1. The number of aliphatic hydroxyl groups excluding tert-OH is 7. The first kappa shape index (κ1) is 49.3. The molecule has 25 atom stereocenters. The van der Waals surface area contributed by atoms with Gasteiger partial charge in [-0.3, -0.25) is 4.98 Å². The van der Waals surface area contributed by atoms with Crippen LogP contribution in [0.4, 0.5) is 0 Å². The predicted octanol–water partition coefficient (Wildman–Crippen LogP) is 2.11. The molecule has 10 rings (SSSR count). The number of nitrogens with zero attached hydrogens (tertiary/aromatic N) is 1. The van der Waals surface area contributed by atoms with E-state index in [-0.39, 0.29) is 28.6 Å². The number of aliphatic hydroxyl groups is 7. The van der Waals surface area contributed by atoms with E-state index >= 15 is 0 Å². The van der Waals surface area contributed by atoms with Gasteiger partial charge in [0.05, 0.1) is 37.1 Å². The lowest BCUT2D eigenvalue weighted by atomic mass is 9.47. The largest absolute Gasteiger partial charge is 0.459 e. The second-order valence-electron chi connectivity index (χ2n) is 22.2. The van der Waals surface area contributed by atoms with E-state index < -0.39 is 111 Å². The van der Waals surface area contributed by atoms with Crippen molar-refractivity contribution in [1.82, 2.24) is 4.98 Å². The van der Waals surface area contributed by atoms with Crippen LogP contribution < -0.4 is 0 Å². The number of esters is 1. The molecule has 5 aliphatic heterocycles. The third kappa shape index (κ3) is 8.41. The van der Waals surface area contributed by atoms with E-state index in [2.05, 4.69) is 38.8 Å². The zero-order valence-corrected chi connectivity index (χ0v) is 39.7. The van der Waals surface area contributed by atoms with E-state index in [1.165, 1.54) is 37.0 Å². The number of hydrogen-bond acceptors (Lipinski definition) is 18. The molecule has 6 heterocycles. The normalized spacial score (nSPS) is 52.1. The maximum Gasteiger partial charge on any atom is 0.338 e. The monoisotopic (exact) mass is 959 g/mol. The van der Waals surface area contributed by atoms with Crippen molar-refractivity contribution in [3.8, 4) is 0 Å². The van der Waals surface area contributed by atoms with Crippen molar-refractivity contribution < 1.29 is 83.2 Å². The van der Waals surface area contributed by atoms with Gasteiger partial charge in [0, 0.05) is 24.7 Å². The molecule has 3 saturated carbocycles. The number of aromatic nitrogens is 1. The molecule has 7 N–H and O–H groups in total. The predicted molar refractivity (Wildman–Crippen MR) is 236 cm³/mol. The average Bonchev–Trinajstić information content (AvgIpc) is 3.89. The van der Waals surface area contributed by atoms with Crippen molar-refractivity contribution in [2.24, 2.45) is 46.3 Å². The average molecular weight is 960 g/mol. The van der Waals surface area contributed by atoms with Gasteiger partial charge < -0.3 is 78.4 Å². The molecule has 68 heavy (non-hydrogen) atoms. The van der Waals surface area contributed by atoms with E-state index in [0.29, 0.717) is 48.3 Å². The van der Waals surface area contributed by atoms with Gasteiger partial charge in [-0.1, -0.05) is 39.3 Å². The lowest BCUT2D eigenvalue weighted by molar-refractivity contribution is -0.380. The smallest absolute Gasteiger partial charge is 0.338 e. The highest BCUT2D eigenvalue weighted by Gasteiger charge is 2.69. The molecule has 0 radical (unpaired) electrons. The first-order valence-corrected chi connectivity index (χ1v) is 25.2. The standard InChI is InChI=1S/C50H73NO17/c1-23-8-15-50(61-21-23)24(2)35-32(68-50)19-31-29-7-6-27-18-28(9-13-48(27,4)30(29)10-14-49(31,35)5)63-47-43(67-45-40(57)38(55)36(53)25(3)62-45)41(58)42(33(20-52)64-47)66-46-39(56)37(54)34(65-46)22-60-44(59)26-11-16-51-17-12-26/h6,11-12,16-17,23-25,28-43,45-47,52-58H,7-10,13-15,18-22H2,1-5H3. The van der Waals surface area contributed by atoms with Crippen molar-refractivity contribution in [3.05, 3.63) is 41.7 Å². The molecule has 0 aromatic carbocycles. The van der Waals surface area contributed by atoms with Crippen LogP contribution in [0.3, 0.4) is 0 Å². The summed E-state index contributed by atoms with van der Waals surface area (Å²) >= 11 is 0. The van der Waals surface area contributed by atoms with Crippen LogP contribution in [-0.2, 0) is 42.6 Å². The van der Waals surface area contributed by atoms with Gasteiger partial charge >= 0.3 is 5.97 Å². The summed E-state index contributed by atoms with van der Waals surface area (Å²) in [5.41, 5.74) is 1.70. The Morgan fingerprint density at radius 3 is 2.24 bits per heavy atom. The van der Waals surface area contributed by atoms with Gasteiger partial charge in [-0.25, -0.2) is 4.79 Å². The van der Waals surface area contributed by atoms with Crippen molar-refractivity contribution in [1.29, 1.82) is 0 Å². The second kappa shape index (κ2) is 19.0. The summed E-state index contributed by atoms with van der Waals surface area (Å²) in [6.45, 7) is 10.7. The van der Waals surface area contributed by atoms with Crippen LogP contribution in [0.25, 0.3) is 0 Å². The molecule has 25 unspecified atom stereocenters. The molecule has 380 valence electrons. The highest BCUT2D eigenvalue weighted by molar-refractivity contribution is 5.89. The molecule has 18 heteroatoms. The van der Waals surface area contributed by atoms with Gasteiger partial charge in [-0.05, 0) is 111 Å². The Hall–Kier alpha value is -2.24. The summed E-state index contributed by atoms with van der Waals surface area (Å²) in [7, 11) is 0. The number of hydrogen-bond donors (Lipinski definition) is 7. The summed E-state index contributed by atoms with van der Waals surface area (Å²) in [5, 5.41) is 76.9. The first-order valence-electron chi connectivity index (χ1n) is 25.2. The highest BCUT2D eigenvalue weighted by Crippen LogP contribution is 2.70. The number of rotatable bonds is 10. The fourth-order valence-corrected chi connectivity index (χ4v) is 14.5. The minimum Gasteiger partial charge on any atom is -0.459 e. The zero-order valence-electron chi connectivity index (χ0n) is 39.7. The van der Waals surface area contributed by atoms with Crippen molar-refractivity contribution in [2.45, 2.75) is 196 Å². The van der Waals surface area contributed by atoms with E-state index in [4.69, 9.17) is 42.6 Å². The number of allylic oxidation sites excluding steroid dienone is 1. The molecular formula is C50H73NO17. The van der Waals surface area contributed by atoms with Crippen molar-refractivity contribution >= 4 is 5.97 Å². The number of fused-ring (bicyclic) bond motifs is 7. The minimum absolute atomic E-state index is 0.0391. The quantitative estimate of drug-likeness (QED) is 0.131. The molecule has 1 aromatic heterocycles. The maximum atomic E-state index is 12.6. The molecule has 9 aliphatic rings. The second-order valence-corrected chi connectivity index (χ2v) is 22.2. The summed E-state index contributed by atoms with van der Waals surface area (Å²) in [5.74, 6) is 1.84. The fourth-order valence-electron chi connectivity index (χ4n) is 14.5. The molecule has 4 aliphatic carbocycles. The van der Waals surface area contributed by atoms with Crippen LogP contribution in [-0.4, -0.2) is 171 Å². The summed E-state index contributed by atoms with van der Waals surface area (Å²) in [6.07, 6.45) is -6.89. The van der Waals surface area contributed by atoms with E-state index in [1.54, 1.807) is 0 Å². The van der Waals surface area contributed by atoms with Gasteiger partial charge in [-0.15, -0.1) is 0 Å². The van der Waals surface area contributed by atoms with Crippen LogP contribution in [0.5, 0.6) is 0 Å². The Bertz CT molecular complexity index is 1970. The molecule has 1 spiro atoms. The van der Waals surface area contributed by atoms with E-state index in [9.17, 15) is 40.5 Å². The van der Waals surface area contributed by atoms with Crippen LogP contribution in [0.15, 0.2) is 36.2 Å². The van der Waals surface area contributed by atoms with Crippen molar-refractivity contribution in [3.63, 3.8) is 0 Å². The van der Waals surface area contributed by atoms with E-state index in [1.807, 2.05) is 0 Å². The lowest BCUT2D eigenvalue weighted by Gasteiger charge is -2.58. The van der Waals surface area contributed by atoms with Crippen LogP contribution >= 0.6 is 0 Å². The fraction of sp³-hybridized carbons (Fsp3) is 0.840. The topological polar surface area (TPSA) is 255 Å². The molecule has 0 bridgehead atoms. The third-order valence-corrected chi connectivity index (χ3v) is 18.5. The van der Waals surface area contributed by atoms with Gasteiger partial charge in [0.25, 0.3) is 0 Å². The lowest BCUT2D eigenvalue weighted by Crippen LogP contribution is -2.65.